The first-order chi connectivity index (χ1) is 24.5. The number of ether oxygens (including phenoxy) is 1. The number of imide groups is 1. The lowest BCUT2D eigenvalue weighted by molar-refractivity contribution is -0.154. The van der Waals surface area contributed by atoms with Crippen molar-refractivity contribution in [1.29, 1.82) is 0 Å². The van der Waals surface area contributed by atoms with Crippen molar-refractivity contribution in [2.75, 3.05) is 17.6 Å². The number of hydrogen-bond donors (Lipinski definition) is 5. The summed E-state index contributed by atoms with van der Waals surface area (Å²) in [6, 6.07) is 2.50. The topological polar surface area (TPSA) is 234 Å². The molecule has 0 saturated carbocycles. The van der Waals surface area contributed by atoms with Crippen molar-refractivity contribution >= 4 is 57.2 Å². The molecule has 2 unspecified atom stereocenters. The number of nitrogens with one attached hydrogen (secondary N) is 4. The van der Waals surface area contributed by atoms with Gasteiger partial charge in [-0.15, -0.1) is 0 Å². The van der Waals surface area contributed by atoms with Gasteiger partial charge >= 0.3 is 5.97 Å². The van der Waals surface area contributed by atoms with Crippen LogP contribution in [0.5, 0.6) is 0 Å². The predicted molar refractivity (Wildman–Crippen MR) is 195 cm³/mol. The summed E-state index contributed by atoms with van der Waals surface area (Å²) < 4.78 is 38.2. The maximum Gasteiger partial charge on any atom is 0.311 e. The molecule has 6 amide bonds. The van der Waals surface area contributed by atoms with Gasteiger partial charge in [0.1, 0.15) is 30.5 Å². The van der Waals surface area contributed by atoms with Crippen LogP contribution in [0, 0.1) is 23.2 Å². The Morgan fingerprint density at radius 2 is 1.51 bits per heavy atom. The van der Waals surface area contributed by atoms with Crippen LogP contribution in [0.3, 0.4) is 0 Å². The highest BCUT2D eigenvalue weighted by atomic mass is 32.2. The number of carbonyl (C=O) groups excluding carboxylic acids is 7. The Balaban J connectivity index is 1.92. The zero-order valence-electron chi connectivity index (χ0n) is 31.8. The van der Waals surface area contributed by atoms with E-state index in [1.165, 1.54) is 11.8 Å². The van der Waals surface area contributed by atoms with Crippen LogP contribution in [0.2, 0.25) is 0 Å². The normalized spacial score (nSPS) is 16.6. The summed E-state index contributed by atoms with van der Waals surface area (Å²) in [5, 5.41) is 9.91. The summed E-state index contributed by atoms with van der Waals surface area (Å²) in [5.41, 5.74) is 0.466. The van der Waals surface area contributed by atoms with Gasteiger partial charge in [-0.05, 0) is 70.1 Å². The lowest BCUT2D eigenvalue weighted by Crippen LogP contribution is -2.58. The average Bonchev–Trinajstić information content (AvgIpc) is 3.33. The minimum atomic E-state index is -4.75. The van der Waals surface area contributed by atoms with Crippen LogP contribution < -0.4 is 21.3 Å². The molecule has 16 nitrogen and oxygen atoms in total. The molecule has 0 aromatic heterocycles. The van der Waals surface area contributed by atoms with Gasteiger partial charge in [-0.2, -0.15) is 8.42 Å². The zero-order chi connectivity index (χ0) is 40.3. The fourth-order valence-corrected chi connectivity index (χ4v) is 5.97. The highest BCUT2D eigenvalue weighted by Gasteiger charge is 2.39. The van der Waals surface area contributed by atoms with E-state index >= 15 is 0 Å². The van der Waals surface area contributed by atoms with Gasteiger partial charge in [0.05, 0.1) is 5.41 Å². The van der Waals surface area contributed by atoms with Gasteiger partial charge in [0, 0.05) is 31.0 Å². The van der Waals surface area contributed by atoms with Crippen molar-refractivity contribution in [3.8, 4) is 0 Å². The number of anilines is 1. The first kappa shape index (κ1) is 44.8. The second-order valence-corrected chi connectivity index (χ2v) is 16.6. The molecule has 0 bridgehead atoms. The summed E-state index contributed by atoms with van der Waals surface area (Å²) >= 11 is 0. The molecule has 5 N–H and O–H groups in total. The molecule has 1 heterocycles. The fourth-order valence-electron chi connectivity index (χ4n) is 5.31. The molecule has 4 atom stereocenters. The zero-order valence-corrected chi connectivity index (χ0v) is 32.6. The van der Waals surface area contributed by atoms with Crippen molar-refractivity contribution in [3.63, 3.8) is 0 Å². The first-order valence-corrected chi connectivity index (χ1v) is 19.4. The van der Waals surface area contributed by atoms with E-state index in [0.717, 1.165) is 0 Å². The molecule has 2 rings (SSSR count). The number of benzene rings is 1. The number of esters is 1. The largest absolute Gasteiger partial charge is 0.460 e. The first-order valence-electron chi connectivity index (χ1n) is 17.8. The van der Waals surface area contributed by atoms with Gasteiger partial charge in [0.15, 0.2) is 0 Å². The molecule has 1 aliphatic rings. The second kappa shape index (κ2) is 19.6. The number of hydrogen-bond acceptors (Lipinski definition) is 10. The number of nitrogens with zero attached hydrogens (tertiary/aromatic N) is 1. The second-order valence-electron chi connectivity index (χ2n) is 15.1. The predicted octanol–water partition coefficient (Wildman–Crippen LogP) is 2.32. The van der Waals surface area contributed by atoms with Gasteiger partial charge in [-0.25, -0.2) is 0 Å². The highest BCUT2D eigenvalue weighted by molar-refractivity contribution is 7.85. The minimum Gasteiger partial charge on any atom is -0.460 e. The Morgan fingerprint density at radius 1 is 0.887 bits per heavy atom. The molecular formula is C36H55N5O11S. The van der Waals surface area contributed by atoms with E-state index in [9.17, 15) is 46.5 Å². The van der Waals surface area contributed by atoms with Crippen LogP contribution in [0.25, 0.3) is 0 Å². The Hall–Kier alpha value is -4.38. The van der Waals surface area contributed by atoms with Gasteiger partial charge < -0.3 is 26.0 Å². The lowest BCUT2D eigenvalue weighted by Gasteiger charge is -2.26. The number of amides is 6. The number of unbranched alkanes of at least 4 members (excludes halogenated alkanes) is 2. The van der Waals surface area contributed by atoms with Crippen LogP contribution in [0.15, 0.2) is 24.3 Å². The fraction of sp³-hybridized carbons (Fsp3) is 0.639. The third kappa shape index (κ3) is 14.9. The Morgan fingerprint density at radius 3 is 2.04 bits per heavy atom. The van der Waals surface area contributed by atoms with E-state index in [2.05, 4.69) is 21.3 Å². The summed E-state index contributed by atoms with van der Waals surface area (Å²) in [4.78, 5) is 89.9. The van der Waals surface area contributed by atoms with Crippen LogP contribution >= 0.6 is 0 Å². The molecule has 0 radical (unpaired) electrons. The monoisotopic (exact) mass is 765 g/mol. The maximum absolute atomic E-state index is 13.2. The van der Waals surface area contributed by atoms with Crippen LogP contribution in [0.4, 0.5) is 5.69 Å². The summed E-state index contributed by atoms with van der Waals surface area (Å²) in [6.07, 6.45) is 1.30. The maximum atomic E-state index is 13.2. The Bertz CT molecular complexity index is 1600. The quantitative estimate of drug-likeness (QED) is 0.0593. The van der Waals surface area contributed by atoms with Crippen molar-refractivity contribution in [1.82, 2.24) is 20.9 Å². The molecule has 53 heavy (non-hydrogen) atoms. The van der Waals surface area contributed by atoms with Crippen LogP contribution in [-0.2, 0) is 55.0 Å². The Labute approximate surface area is 311 Å². The van der Waals surface area contributed by atoms with E-state index in [0.29, 0.717) is 30.5 Å². The summed E-state index contributed by atoms with van der Waals surface area (Å²) in [5.74, 6) is -5.81. The standard InChI is InChI=1S/C36H55N5O11S/c1-21(2)26-18-29(43)41(34(26)47)17-11-9-10-12-28(42)39-27(20-53(49,50)51)32(45)40-30(22(3)4)33(46)37-23(5)31(44)38-25-15-13-24(14-16-25)19-52-35(48)36(6,7)8/h13-16,21-23,26-27,30H,9-12,17-20H2,1-8H3,(H,37,46)(H,38,44)(H,39,42)(H,40,45)(H,49,50,51)/t23-,26?,27-,30?/m0/s1. The third-order valence-electron chi connectivity index (χ3n) is 8.60. The van der Waals surface area contributed by atoms with Crippen LogP contribution in [-0.4, -0.2) is 89.7 Å². The third-order valence-corrected chi connectivity index (χ3v) is 9.36. The molecule has 1 aromatic carbocycles. The lowest BCUT2D eigenvalue weighted by atomic mass is 9.94. The molecule has 1 fully saturated rings. The molecule has 17 heteroatoms. The van der Waals surface area contributed by atoms with Gasteiger partial charge in [0.25, 0.3) is 10.1 Å². The van der Waals surface area contributed by atoms with Gasteiger partial charge in [-0.3, -0.25) is 43.0 Å². The number of likely N-dealkylation sites (tertiary alicyclic amines) is 1. The minimum absolute atomic E-state index is 0.0457. The van der Waals surface area contributed by atoms with Gasteiger partial charge in [-0.1, -0.05) is 46.2 Å². The van der Waals surface area contributed by atoms with E-state index in [1.54, 1.807) is 58.9 Å². The van der Waals surface area contributed by atoms with Crippen molar-refractivity contribution < 1.29 is 51.3 Å². The van der Waals surface area contributed by atoms with Gasteiger partial charge in [0.2, 0.25) is 35.4 Å². The molecule has 0 spiro atoms. The molecular weight excluding hydrogens is 710 g/mol. The smallest absolute Gasteiger partial charge is 0.311 e. The SMILES string of the molecule is CC(C)C1CC(=O)N(CCCCCC(=O)N[C@@H](CS(=O)(=O)O)C(=O)NC(C(=O)N[C@@H](C)C(=O)Nc2ccc(COC(=O)C(C)(C)C)cc2)C(C)C)C1=O. The van der Waals surface area contributed by atoms with Crippen molar-refractivity contribution in [3.05, 3.63) is 29.8 Å². The van der Waals surface area contributed by atoms with Crippen molar-refractivity contribution in [2.24, 2.45) is 23.2 Å². The molecule has 1 aliphatic heterocycles. The number of carbonyl (C=O) groups is 7. The molecule has 1 saturated heterocycles. The highest BCUT2D eigenvalue weighted by Crippen LogP contribution is 2.26. The molecule has 0 aliphatic carbocycles. The van der Waals surface area contributed by atoms with Crippen molar-refractivity contribution in [2.45, 2.75) is 112 Å². The Kier molecular flexibility index (Phi) is 16.6. The number of rotatable bonds is 19. The van der Waals surface area contributed by atoms with E-state index in [4.69, 9.17) is 4.74 Å². The average molecular weight is 766 g/mol. The molecule has 1 aromatic rings. The van der Waals surface area contributed by atoms with E-state index in [1.807, 2.05) is 13.8 Å². The summed E-state index contributed by atoms with van der Waals surface area (Å²) in [6.45, 7) is 13.9. The summed E-state index contributed by atoms with van der Waals surface area (Å²) in [7, 11) is -4.75. The van der Waals surface area contributed by atoms with E-state index in [-0.39, 0.29) is 55.6 Å². The molecule has 296 valence electrons. The van der Waals surface area contributed by atoms with E-state index < -0.39 is 69.0 Å². The van der Waals surface area contributed by atoms with Crippen LogP contribution in [0.1, 0.15) is 93.1 Å².